The van der Waals surface area contributed by atoms with Gasteiger partial charge in [-0.25, -0.2) is 0 Å². The van der Waals surface area contributed by atoms with E-state index in [1.165, 1.54) is 22.5 Å². The van der Waals surface area contributed by atoms with Crippen molar-refractivity contribution in [2.45, 2.75) is 39.0 Å². The Morgan fingerprint density at radius 3 is 2.43 bits per heavy atom. The van der Waals surface area contributed by atoms with Gasteiger partial charge in [-0.2, -0.15) is 5.10 Å². The zero-order chi connectivity index (χ0) is 20.1. The van der Waals surface area contributed by atoms with E-state index in [4.69, 9.17) is 0 Å². The van der Waals surface area contributed by atoms with Gasteiger partial charge in [0.15, 0.2) is 0 Å². The van der Waals surface area contributed by atoms with E-state index in [0.29, 0.717) is 17.3 Å². The van der Waals surface area contributed by atoms with E-state index in [1.54, 1.807) is 13.1 Å². The zero-order valence-corrected chi connectivity index (χ0v) is 16.8. The summed E-state index contributed by atoms with van der Waals surface area (Å²) in [6.45, 7) is 5.80. The smallest absolute Gasteiger partial charge is 0.274 e. The van der Waals surface area contributed by atoms with Crippen molar-refractivity contribution in [3.8, 4) is 0 Å². The molecule has 0 spiro atoms. The largest absolute Gasteiger partial charge is 0.337 e. The van der Waals surface area contributed by atoms with Gasteiger partial charge in [-0.05, 0) is 42.4 Å². The van der Waals surface area contributed by atoms with E-state index in [0.717, 1.165) is 37.9 Å². The van der Waals surface area contributed by atoms with Gasteiger partial charge in [-0.15, -0.1) is 0 Å². The molecular formula is C22H28N4O2. The van der Waals surface area contributed by atoms with Crippen molar-refractivity contribution in [1.82, 2.24) is 14.7 Å². The maximum atomic E-state index is 12.8. The first-order valence-corrected chi connectivity index (χ1v) is 9.86. The van der Waals surface area contributed by atoms with Crippen LogP contribution in [-0.4, -0.2) is 39.6 Å². The van der Waals surface area contributed by atoms with Crippen molar-refractivity contribution < 1.29 is 9.59 Å². The zero-order valence-electron chi connectivity index (χ0n) is 16.8. The standard InChI is InChI=1S/C22H28N4O2/c1-16(2)18-10-7-17(8-11-18)9-12-20(27)24-19-15-23-25(3)21(19)22(28)26-13-5-4-6-14-26/h7-12,15-16H,4-6,13-14H2,1-3H3,(H,24,27)/b12-9+. The van der Waals surface area contributed by atoms with Gasteiger partial charge in [-0.1, -0.05) is 38.1 Å². The predicted molar refractivity (Wildman–Crippen MR) is 111 cm³/mol. The number of rotatable bonds is 5. The third kappa shape index (κ3) is 4.68. The number of carbonyl (C=O) groups excluding carboxylic acids is 2. The van der Waals surface area contributed by atoms with Gasteiger partial charge in [0.25, 0.3) is 5.91 Å². The van der Waals surface area contributed by atoms with Gasteiger partial charge in [0, 0.05) is 26.2 Å². The van der Waals surface area contributed by atoms with Crippen molar-refractivity contribution in [3.05, 3.63) is 53.4 Å². The lowest BCUT2D eigenvalue weighted by atomic mass is 10.0. The number of hydrogen-bond acceptors (Lipinski definition) is 3. The quantitative estimate of drug-likeness (QED) is 0.802. The van der Waals surface area contributed by atoms with Crippen LogP contribution >= 0.6 is 0 Å². The highest BCUT2D eigenvalue weighted by atomic mass is 16.2. The molecule has 28 heavy (non-hydrogen) atoms. The van der Waals surface area contributed by atoms with E-state index in [-0.39, 0.29) is 11.8 Å². The van der Waals surface area contributed by atoms with E-state index >= 15 is 0 Å². The first-order valence-electron chi connectivity index (χ1n) is 9.86. The van der Waals surface area contributed by atoms with Crippen molar-refractivity contribution in [1.29, 1.82) is 0 Å². The van der Waals surface area contributed by atoms with E-state index in [2.05, 4.69) is 36.4 Å². The number of piperidine rings is 1. The molecule has 6 nitrogen and oxygen atoms in total. The number of nitrogens with zero attached hydrogens (tertiary/aromatic N) is 3. The Bertz CT molecular complexity index is 859. The Morgan fingerprint density at radius 1 is 1.11 bits per heavy atom. The molecule has 1 aromatic heterocycles. The topological polar surface area (TPSA) is 67.2 Å². The molecule has 0 unspecified atom stereocenters. The summed E-state index contributed by atoms with van der Waals surface area (Å²) in [6.07, 6.45) is 7.96. The summed E-state index contributed by atoms with van der Waals surface area (Å²) in [5.41, 5.74) is 3.08. The van der Waals surface area contributed by atoms with Crippen LogP contribution in [0, 0.1) is 0 Å². The Balaban J connectivity index is 1.68. The number of benzene rings is 1. The Kier molecular flexibility index (Phi) is 6.29. The van der Waals surface area contributed by atoms with Crippen molar-refractivity contribution >= 4 is 23.6 Å². The van der Waals surface area contributed by atoms with Gasteiger partial charge in [0.1, 0.15) is 5.69 Å². The molecule has 1 fully saturated rings. The van der Waals surface area contributed by atoms with E-state index in [1.807, 2.05) is 17.0 Å². The number of carbonyl (C=O) groups is 2. The summed E-state index contributed by atoms with van der Waals surface area (Å²) in [5.74, 6) is 0.111. The molecule has 1 aromatic carbocycles. The van der Waals surface area contributed by atoms with Gasteiger partial charge in [-0.3, -0.25) is 14.3 Å². The summed E-state index contributed by atoms with van der Waals surface area (Å²) in [4.78, 5) is 27.0. The number of aromatic nitrogens is 2. The summed E-state index contributed by atoms with van der Waals surface area (Å²) in [7, 11) is 1.72. The lowest BCUT2D eigenvalue weighted by Crippen LogP contribution is -2.37. The lowest BCUT2D eigenvalue weighted by Gasteiger charge is -2.26. The van der Waals surface area contributed by atoms with Crippen molar-refractivity contribution in [2.24, 2.45) is 7.05 Å². The van der Waals surface area contributed by atoms with Crippen molar-refractivity contribution in [3.63, 3.8) is 0 Å². The summed E-state index contributed by atoms with van der Waals surface area (Å²) < 4.78 is 1.53. The maximum Gasteiger partial charge on any atom is 0.274 e. The van der Waals surface area contributed by atoms with Gasteiger partial charge in [0.2, 0.25) is 5.91 Å². The first kappa shape index (κ1) is 19.9. The number of amides is 2. The van der Waals surface area contributed by atoms with Crippen LogP contribution in [-0.2, 0) is 11.8 Å². The number of aryl methyl sites for hydroxylation is 1. The minimum absolute atomic E-state index is 0.0803. The van der Waals surface area contributed by atoms with Crippen LogP contribution in [0.3, 0.4) is 0 Å². The molecule has 2 heterocycles. The second-order valence-corrected chi connectivity index (χ2v) is 7.53. The summed E-state index contributed by atoms with van der Waals surface area (Å²) in [6, 6.07) is 8.13. The van der Waals surface area contributed by atoms with Crippen LogP contribution in [0.5, 0.6) is 0 Å². The van der Waals surface area contributed by atoms with Gasteiger partial charge < -0.3 is 10.2 Å². The maximum absolute atomic E-state index is 12.8. The highest BCUT2D eigenvalue weighted by Crippen LogP contribution is 2.20. The van der Waals surface area contributed by atoms with Crippen LogP contribution in [0.1, 0.15) is 60.6 Å². The fraction of sp³-hybridized carbons (Fsp3) is 0.409. The summed E-state index contributed by atoms with van der Waals surface area (Å²) in [5, 5.41) is 6.95. The SMILES string of the molecule is CC(C)c1ccc(/C=C/C(=O)Nc2cnn(C)c2C(=O)N2CCCCC2)cc1. The number of likely N-dealkylation sites (tertiary alicyclic amines) is 1. The second kappa shape index (κ2) is 8.87. The second-order valence-electron chi connectivity index (χ2n) is 7.53. The number of nitrogens with one attached hydrogen (secondary N) is 1. The molecule has 1 aliphatic heterocycles. The monoisotopic (exact) mass is 380 g/mol. The van der Waals surface area contributed by atoms with E-state index < -0.39 is 0 Å². The lowest BCUT2D eigenvalue weighted by molar-refractivity contribution is -0.111. The molecule has 1 saturated heterocycles. The molecule has 0 aliphatic carbocycles. The molecule has 3 rings (SSSR count). The molecule has 2 aromatic rings. The highest BCUT2D eigenvalue weighted by Gasteiger charge is 2.24. The summed E-state index contributed by atoms with van der Waals surface area (Å²) >= 11 is 0. The van der Waals surface area contributed by atoms with Crippen LogP contribution < -0.4 is 5.32 Å². The molecule has 1 N–H and O–H groups in total. The molecule has 0 saturated carbocycles. The first-order chi connectivity index (χ1) is 13.5. The van der Waals surface area contributed by atoms with Crippen LogP contribution in [0.2, 0.25) is 0 Å². The third-order valence-electron chi connectivity index (χ3n) is 5.07. The predicted octanol–water partition coefficient (Wildman–Crippen LogP) is 3.82. The molecule has 0 atom stereocenters. The number of anilines is 1. The molecule has 148 valence electrons. The fourth-order valence-electron chi connectivity index (χ4n) is 3.37. The Morgan fingerprint density at radius 2 is 1.79 bits per heavy atom. The van der Waals surface area contributed by atoms with Gasteiger partial charge in [0.05, 0.1) is 11.9 Å². The minimum Gasteiger partial charge on any atom is -0.337 e. The van der Waals surface area contributed by atoms with Crippen LogP contribution in [0.4, 0.5) is 5.69 Å². The highest BCUT2D eigenvalue weighted by molar-refractivity contribution is 6.06. The van der Waals surface area contributed by atoms with Crippen LogP contribution in [0.15, 0.2) is 36.5 Å². The molecular weight excluding hydrogens is 352 g/mol. The van der Waals surface area contributed by atoms with Crippen molar-refractivity contribution in [2.75, 3.05) is 18.4 Å². The third-order valence-corrected chi connectivity index (χ3v) is 5.07. The van der Waals surface area contributed by atoms with Crippen LogP contribution in [0.25, 0.3) is 6.08 Å². The Labute approximate surface area is 166 Å². The average molecular weight is 380 g/mol. The molecule has 0 radical (unpaired) electrons. The van der Waals surface area contributed by atoms with Gasteiger partial charge >= 0.3 is 0 Å². The average Bonchev–Trinajstić information content (AvgIpc) is 3.06. The molecule has 1 aliphatic rings. The molecule has 2 amide bonds. The Hall–Kier alpha value is -2.89. The minimum atomic E-state index is -0.284. The molecule has 0 bridgehead atoms. The molecule has 6 heteroatoms. The van der Waals surface area contributed by atoms with E-state index in [9.17, 15) is 9.59 Å². The normalized spacial score (nSPS) is 14.6. The fourth-order valence-corrected chi connectivity index (χ4v) is 3.37. The number of hydrogen-bond donors (Lipinski definition) is 1.